The fourth-order valence-electron chi connectivity index (χ4n) is 7.43. The van der Waals surface area contributed by atoms with Gasteiger partial charge in [0.05, 0.1) is 38.6 Å². The first-order valence-corrected chi connectivity index (χ1v) is 17.4. The highest BCUT2D eigenvalue weighted by Gasteiger charge is 2.38. The van der Waals surface area contributed by atoms with Crippen LogP contribution in [0.3, 0.4) is 0 Å². The molecule has 3 saturated heterocycles. The molecule has 0 saturated carbocycles. The number of rotatable bonds is 10. The number of likely N-dealkylation sites (tertiary alicyclic amines) is 1. The lowest BCUT2D eigenvalue weighted by atomic mass is 9.91. The van der Waals surface area contributed by atoms with Gasteiger partial charge in [-0.1, -0.05) is 6.92 Å². The molecule has 3 aliphatic rings. The smallest absolute Gasteiger partial charge is 0.387 e. The van der Waals surface area contributed by atoms with Crippen molar-refractivity contribution in [2.24, 2.45) is 18.9 Å². The fourth-order valence-corrected chi connectivity index (χ4v) is 7.43. The molecule has 3 aliphatic heterocycles. The number of aryl methyl sites for hydroxylation is 1. The summed E-state index contributed by atoms with van der Waals surface area (Å²) in [7, 11) is 3.74. The fraction of sp³-hybridized carbons (Fsp3) is 0.500. The number of alkyl halides is 2. The van der Waals surface area contributed by atoms with Crippen LogP contribution in [0, 0.1) is 23.5 Å². The lowest BCUT2D eigenvalue weighted by Crippen LogP contribution is -2.59. The third-order valence-electron chi connectivity index (χ3n) is 10.5. The summed E-state index contributed by atoms with van der Waals surface area (Å²) in [6.07, 6.45) is 3.48. The Labute approximate surface area is 294 Å². The number of imidazole rings is 1. The maximum absolute atomic E-state index is 14.8. The molecule has 1 aromatic heterocycles. The minimum absolute atomic E-state index is 0.0373. The van der Waals surface area contributed by atoms with E-state index in [0.29, 0.717) is 43.9 Å². The van der Waals surface area contributed by atoms with Crippen molar-refractivity contribution in [1.82, 2.24) is 24.7 Å². The third kappa shape index (κ3) is 7.74. The number of aromatic nitrogens is 2. The Morgan fingerprint density at radius 2 is 1.71 bits per heavy atom. The number of quaternary nitrogens is 1. The lowest BCUT2D eigenvalue weighted by molar-refractivity contribution is -0.918. The molecule has 3 amide bonds. The summed E-state index contributed by atoms with van der Waals surface area (Å²) in [5.74, 6) is -3.87. The van der Waals surface area contributed by atoms with E-state index in [-0.39, 0.29) is 34.8 Å². The van der Waals surface area contributed by atoms with Crippen molar-refractivity contribution in [3.63, 3.8) is 0 Å². The lowest BCUT2D eigenvalue weighted by Gasteiger charge is -2.45. The van der Waals surface area contributed by atoms with Crippen LogP contribution in [-0.4, -0.2) is 114 Å². The molecule has 0 bridgehead atoms. The number of piperidine rings is 1. The van der Waals surface area contributed by atoms with E-state index in [9.17, 15) is 31.9 Å². The number of hydrogen-bond acceptors (Lipinski definition) is 6. The molecule has 2 aromatic carbocycles. The third-order valence-corrected chi connectivity index (χ3v) is 10.5. The van der Waals surface area contributed by atoms with Gasteiger partial charge in [-0.15, -0.1) is 0 Å². The maximum atomic E-state index is 14.8. The van der Waals surface area contributed by atoms with Crippen molar-refractivity contribution in [1.29, 1.82) is 0 Å². The van der Waals surface area contributed by atoms with E-state index in [4.69, 9.17) is 0 Å². The van der Waals surface area contributed by atoms with E-state index in [1.54, 1.807) is 23.1 Å². The van der Waals surface area contributed by atoms with E-state index in [2.05, 4.69) is 27.4 Å². The predicted octanol–water partition coefficient (Wildman–Crippen LogP) is 4.14. The molecule has 0 aliphatic carbocycles. The number of ether oxygens (including phenoxy) is 1. The summed E-state index contributed by atoms with van der Waals surface area (Å²) in [5, 5.41) is 6.09. The number of nitrogens with zero attached hydrogens (tertiary/aromatic N) is 5. The molecular formula is C36H44F4N7O4+. The van der Waals surface area contributed by atoms with Crippen LogP contribution < -0.4 is 15.4 Å². The summed E-state index contributed by atoms with van der Waals surface area (Å²) < 4.78 is 60.5. The molecule has 6 rings (SSSR count). The van der Waals surface area contributed by atoms with Crippen LogP contribution in [0.25, 0.3) is 11.3 Å². The van der Waals surface area contributed by atoms with E-state index < -0.39 is 29.9 Å². The van der Waals surface area contributed by atoms with Gasteiger partial charge in [-0.3, -0.25) is 14.4 Å². The molecule has 3 aromatic rings. The monoisotopic (exact) mass is 714 g/mol. The highest BCUT2D eigenvalue weighted by Crippen LogP contribution is 2.31. The predicted molar refractivity (Wildman–Crippen MR) is 181 cm³/mol. The van der Waals surface area contributed by atoms with Gasteiger partial charge in [-0.05, 0) is 42.3 Å². The van der Waals surface area contributed by atoms with Gasteiger partial charge in [-0.2, -0.15) is 13.2 Å². The number of carbonyl (C=O) groups excluding carboxylic acids is 3. The van der Waals surface area contributed by atoms with Crippen LogP contribution in [0.15, 0.2) is 36.5 Å². The minimum Gasteiger partial charge on any atom is -0.432 e. The maximum Gasteiger partial charge on any atom is 0.387 e. The highest BCUT2D eigenvalue weighted by atomic mass is 19.3. The van der Waals surface area contributed by atoms with Crippen LogP contribution in [0.2, 0.25) is 0 Å². The second-order valence-electron chi connectivity index (χ2n) is 14.0. The number of nitrogens with one attached hydrogen (secondary N) is 2. The molecule has 4 heterocycles. The Morgan fingerprint density at radius 3 is 2.33 bits per heavy atom. The van der Waals surface area contributed by atoms with Crippen molar-refractivity contribution in [2.45, 2.75) is 32.8 Å². The Balaban J connectivity index is 1.05. The summed E-state index contributed by atoms with van der Waals surface area (Å²) >= 11 is 0. The Hall–Kier alpha value is -4.50. The number of anilines is 1. The van der Waals surface area contributed by atoms with E-state index in [1.165, 1.54) is 24.4 Å². The number of amides is 3. The number of carbonyl (C=O) groups is 3. The zero-order valence-electron chi connectivity index (χ0n) is 29.1. The average Bonchev–Trinajstić information content (AvgIpc) is 3.49. The topological polar surface area (TPSA) is 109 Å². The first-order chi connectivity index (χ1) is 24.4. The standard InChI is InChI=1S/C36H43F4N7O4/c1-4-23-17-25(43-33(48)32-42-20-28(44(32)2)27-7-8-29(51-36(39)40)31(38)30(27)37)5-6-26(23)35(50)46-13-11-45(12-14-46)34(49)24-9-15-47(3,16-10-24)21-22-18-41-19-22/h5-8,17,20,22,24,36,41H,4,9-16,18-19,21H2,1-3H3/p+1. The molecule has 0 atom stereocenters. The van der Waals surface area contributed by atoms with E-state index in [1.807, 2.05) is 11.8 Å². The molecule has 51 heavy (non-hydrogen) atoms. The zero-order chi connectivity index (χ0) is 36.4. The van der Waals surface area contributed by atoms with Crippen molar-refractivity contribution >= 4 is 23.4 Å². The zero-order valence-corrected chi connectivity index (χ0v) is 29.1. The van der Waals surface area contributed by atoms with Gasteiger partial charge in [0.15, 0.2) is 17.4 Å². The molecule has 15 heteroatoms. The first kappa shape index (κ1) is 36.3. The Bertz CT molecular complexity index is 1780. The summed E-state index contributed by atoms with van der Waals surface area (Å²) in [4.78, 5) is 47.9. The minimum atomic E-state index is -3.33. The number of halogens is 4. The van der Waals surface area contributed by atoms with Crippen LogP contribution >= 0.6 is 0 Å². The summed E-state index contributed by atoms with van der Waals surface area (Å²) in [6.45, 7) is 5.83. The van der Waals surface area contributed by atoms with Crippen LogP contribution in [-0.2, 0) is 18.3 Å². The molecule has 3 fully saturated rings. The molecular weight excluding hydrogens is 670 g/mol. The van der Waals surface area contributed by atoms with Gasteiger partial charge in [0.25, 0.3) is 11.8 Å². The van der Waals surface area contributed by atoms with Crippen molar-refractivity contribution < 1.29 is 41.2 Å². The Morgan fingerprint density at radius 1 is 1.02 bits per heavy atom. The molecule has 2 N–H and O–H groups in total. The van der Waals surface area contributed by atoms with Gasteiger partial charge >= 0.3 is 6.61 Å². The SMILES string of the molecule is CCc1cc(NC(=O)c2ncc(-c3ccc(OC(F)F)c(F)c3F)n2C)ccc1C(=O)N1CCN(C(=O)C2CC[N+](C)(CC3CNC3)CC2)CC1. The molecule has 0 unspecified atom stereocenters. The normalized spacial score (nSPS) is 21.1. The first-order valence-electron chi connectivity index (χ1n) is 17.4. The second-order valence-corrected chi connectivity index (χ2v) is 14.0. The van der Waals surface area contributed by atoms with Gasteiger partial charge < -0.3 is 34.2 Å². The second kappa shape index (κ2) is 15.0. The van der Waals surface area contributed by atoms with Crippen LogP contribution in [0.5, 0.6) is 5.75 Å². The van der Waals surface area contributed by atoms with Gasteiger partial charge in [0, 0.05) is 87.8 Å². The van der Waals surface area contributed by atoms with E-state index >= 15 is 0 Å². The van der Waals surface area contributed by atoms with Gasteiger partial charge in [-0.25, -0.2) is 9.37 Å². The van der Waals surface area contributed by atoms with Crippen molar-refractivity contribution in [3.8, 4) is 17.0 Å². The number of hydrogen-bond donors (Lipinski definition) is 2. The molecule has 11 nitrogen and oxygen atoms in total. The largest absolute Gasteiger partial charge is 0.432 e. The Kier molecular flexibility index (Phi) is 10.7. The van der Waals surface area contributed by atoms with Gasteiger partial charge in [0.2, 0.25) is 11.7 Å². The summed E-state index contributed by atoms with van der Waals surface area (Å²) in [5.41, 5.74) is 1.39. The quantitative estimate of drug-likeness (QED) is 0.242. The number of benzene rings is 2. The highest BCUT2D eigenvalue weighted by molar-refractivity contribution is 6.03. The number of piperazine rings is 1. The van der Waals surface area contributed by atoms with E-state index in [0.717, 1.165) is 67.1 Å². The average molecular weight is 715 g/mol. The molecule has 274 valence electrons. The van der Waals surface area contributed by atoms with Crippen molar-refractivity contribution in [2.75, 3.05) is 71.3 Å². The molecule has 0 radical (unpaired) electrons. The van der Waals surface area contributed by atoms with Crippen LogP contribution in [0.1, 0.15) is 46.3 Å². The van der Waals surface area contributed by atoms with Crippen LogP contribution in [0.4, 0.5) is 23.2 Å². The molecule has 0 spiro atoms. The van der Waals surface area contributed by atoms with Gasteiger partial charge in [0.1, 0.15) is 0 Å². The summed E-state index contributed by atoms with van der Waals surface area (Å²) in [6, 6.07) is 6.93. The van der Waals surface area contributed by atoms with Crippen molar-refractivity contribution in [3.05, 3.63) is 65.1 Å².